The molecule has 0 unspecified atom stereocenters. The first kappa shape index (κ1) is 13.8. The van der Waals surface area contributed by atoms with Gasteiger partial charge in [-0.3, -0.25) is 14.9 Å². The van der Waals surface area contributed by atoms with E-state index in [4.69, 9.17) is 10.7 Å². The van der Waals surface area contributed by atoms with Gasteiger partial charge in [0.1, 0.15) is 5.69 Å². The number of benzene rings is 1. The number of carbonyl (C=O) groups excluding carboxylic acids is 1. The lowest BCUT2D eigenvalue weighted by molar-refractivity contribution is -0.384. The fraction of sp³-hybridized carbons (Fsp3) is 0.300. The Morgan fingerprint density at radius 1 is 1.42 bits per heavy atom. The summed E-state index contributed by atoms with van der Waals surface area (Å²) in [6.07, 6.45) is 1.52. The van der Waals surface area contributed by atoms with Crippen LogP contribution in [0.2, 0.25) is 0 Å². The smallest absolute Gasteiger partial charge is 0.294 e. The van der Waals surface area contributed by atoms with Gasteiger partial charge in [0.2, 0.25) is 5.91 Å². The Morgan fingerprint density at radius 3 is 2.53 bits per heavy atom. The van der Waals surface area contributed by atoms with E-state index in [1.54, 1.807) is 0 Å². The maximum absolute atomic E-state index is 11.6. The second-order valence-corrected chi connectivity index (χ2v) is 6.70. The van der Waals surface area contributed by atoms with Gasteiger partial charge in [0.15, 0.2) is 0 Å². The summed E-state index contributed by atoms with van der Waals surface area (Å²) >= 11 is 0. The molecule has 0 aromatic heterocycles. The third-order valence-electron chi connectivity index (χ3n) is 2.65. The van der Waals surface area contributed by atoms with Crippen LogP contribution in [0.5, 0.6) is 0 Å². The van der Waals surface area contributed by atoms with Crippen molar-refractivity contribution in [3.8, 4) is 0 Å². The normalized spacial score (nSPS) is 15.0. The van der Waals surface area contributed by atoms with Gasteiger partial charge in [-0.05, 0) is 25.0 Å². The molecule has 1 amide bonds. The molecule has 0 radical (unpaired) electrons. The lowest BCUT2D eigenvalue weighted by Gasteiger charge is -2.06. The van der Waals surface area contributed by atoms with Crippen molar-refractivity contribution in [1.29, 1.82) is 0 Å². The van der Waals surface area contributed by atoms with Crippen LogP contribution >= 0.6 is 10.7 Å². The zero-order valence-corrected chi connectivity index (χ0v) is 11.1. The van der Waals surface area contributed by atoms with Gasteiger partial charge in [-0.2, -0.15) is 0 Å². The Morgan fingerprint density at radius 2 is 2.05 bits per heavy atom. The van der Waals surface area contributed by atoms with Crippen LogP contribution in [0.3, 0.4) is 0 Å². The van der Waals surface area contributed by atoms with E-state index in [2.05, 4.69) is 5.32 Å². The zero-order valence-electron chi connectivity index (χ0n) is 9.50. The minimum Gasteiger partial charge on any atom is -0.320 e. The second kappa shape index (κ2) is 4.78. The number of nitrogens with one attached hydrogen (secondary N) is 1. The third kappa shape index (κ3) is 3.21. The summed E-state index contributed by atoms with van der Waals surface area (Å²) in [5.41, 5.74) is -0.540. The van der Waals surface area contributed by atoms with Gasteiger partial charge in [0, 0.05) is 22.7 Å². The van der Waals surface area contributed by atoms with E-state index in [-0.39, 0.29) is 22.4 Å². The zero-order chi connectivity index (χ0) is 14.2. The van der Waals surface area contributed by atoms with Gasteiger partial charge >= 0.3 is 0 Å². The molecule has 0 spiro atoms. The summed E-state index contributed by atoms with van der Waals surface area (Å²) in [5.74, 6) is -0.416. The predicted octanol–water partition coefficient (Wildman–Crippen LogP) is 1.87. The van der Waals surface area contributed by atoms with Crippen molar-refractivity contribution in [2.24, 2.45) is 5.92 Å². The average Bonchev–Trinajstić information content (AvgIpc) is 3.11. The average molecular weight is 305 g/mol. The maximum atomic E-state index is 11.6. The van der Waals surface area contributed by atoms with Crippen LogP contribution in [0.15, 0.2) is 23.1 Å². The summed E-state index contributed by atoms with van der Waals surface area (Å²) in [6, 6.07) is 3.09. The number of nitro groups is 1. The highest BCUT2D eigenvalue weighted by Crippen LogP contribution is 2.33. The van der Waals surface area contributed by atoms with Crippen molar-refractivity contribution >= 4 is 37.0 Å². The molecule has 1 aliphatic carbocycles. The summed E-state index contributed by atoms with van der Waals surface area (Å²) in [6.45, 7) is 0. The Bertz CT molecular complexity index is 654. The molecule has 1 aromatic carbocycles. The SMILES string of the molecule is O=C(Nc1ccc(S(=O)(=O)Cl)cc1[N+](=O)[O-])C1CC1. The molecule has 1 saturated carbocycles. The topological polar surface area (TPSA) is 106 Å². The summed E-state index contributed by atoms with van der Waals surface area (Å²) in [5, 5.41) is 13.3. The Balaban J connectivity index is 2.37. The summed E-state index contributed by atoms with van der Waals surface area (Å²) in [7, 11) is 1.06. The van der Waals surface area contributed by atoms with Crippen molar-refractivity contribution in [3.05, 3.63) is 28.3 Å². The number of amides is 1. The van der Waals surface area contributed by atoms with E-state index < -0.39 is 19.7 Å². The van der Waals surface area contributed by atoms with Crippen LogP contribution in [0.25, 0.3) is 0 Å². The molecule has 19 heavy (non-hydrogen) atoms. The molecule has 0 saturated heterocycles. The maximum Gasteiger partial charge on any atom is 0.294 e. The monoisotopic (exact) mass is 304 g/mol. The molecule has 2 rings (SSSR count). The molecular formula is C10H9ClN2O5S. The van der Waals surface area contributed by atoms with E-state index >= 15 is 0 Å². The molecule has 102 valence electrons. The highest BCUT2D eigenvalue weighted by Gasteiger charge is 2.31. The van der Waals surface area contributed by atoms with Gasteiger partial charge in [0.25, 0.3) is 14.7 Å². The molecule has 1 N–H and O–H groups in total. The Labute approximate surface area is 113 Å². The minimum absolute atomic E-state index is 0.0361. The Hall–Kier alpha value is -1.67. The molecule has 0 atom stereocenters. The van der Waals surface area contributed by atoms with E-state index in [0.29, 0.717) is 0 Å². The number of rotatable bonds is 4. The molecule has 0 aliphatic heterocycles. The summed E-state index contributed by atoms with van der Waals surface area (Å²) < 4.78 is 22.2. The van der Waals surface area contributed by atoms with Gasteiger partial charge < -0.3 is 5.32 Å². The first-order valence-corrected chi connectivity index (χ1v) is 7.64. The van der Waals surface area contributed by atoms with Gasteiger partial charge in [-0.15, -0.1) is 0 Å². The Kier molecular flexibility index (Phi) is 3.46. The van der Waals surface area contributed by atoms with Crippen LogP contribution in [0, 0.1) is 16.0 Å². The predicted molar refractivity (Wildman–Crippen MR) is 67.5 cm³/mol. The highest BCUT2D eigenvalue weighted by molar-refractivity contribution is 8.13. The van der Waals surface area contributed by atoms with Crippen molar-refractivity contribution in [1.82, 2.24) is 0 Å². The van der Waals surface area contributed by atoms with Crippen molar-refractivity contribution in [2.45, 2.75) is 17.7 Å². The van der Waals surface area contributed by atoms with Crippen LogP contribution in [-0.2, 0) is 13.8 Å². The summed E-state index contributed by atoms with van der Waals surface area (Å²) in [4.78, 5) is 21.3. The van der Waals surface area contributed by atoms with Crippen LogP contribution in [0.4, 0.5) is 11.4 Å². The first-order chi connectivity index (χ1) is 8.79. The number of carbonyl (C=O) groups is 1. The molecule has 9 heteroatoms. The van der Waals surface area contributed by atoms with Crippen molar-refractivity contribution < 1.29 is 18.1 Å². The third-order valence-corrected chi connectivity index (χ3v) is 4.00. The van der Waals surface area contributed by atoms with Crippen LogP contribution in [0.1, 0.15) is 12.8 Å². The number of nitro benzene ring substituents is 1. The van der Waals surface area contributed by atoms with Crippen molar-refractivity contribution in [2.75, 3.05) is 5.32 Å². The standard InChI is InChI=1S/C10H9ClN2O5S/c11-19(17,18)7-3-4-8(9(5-7)13(15)16)12-10(14)6-1-2-6/h3-6H,1-2H2,(H,12,14). The molecule has 1 aromatic rings. The number of nitrogens with zero attached hydrogens (tertiary/aromatic N) is 1. The van der Waals surface area contributed by atoms with Gasteiger partial charge in [0.05, 0.1) is 9.82 Å². The molecule has 7 nitrogen and oxygen atoms in total. The molecule has 0 bridgehead atoms. The number of hydrogen-bond acceptors (Lipinski definition) is 5. The van der Waals surface area contributed by atoms with E-state index in [0.717, 1.165) is 31.0 Å². The van der Waals surface area contributed by atoms with E-state index in [9.17, 15) is 23.3 Å². The van der Waals surface area contributed by atoms with Gasteiger partial charge in [-0.1, -0.05) is 0 Å². The largest absolute Gasteiger partial charge is 0.320 e. The van der Waals surface area contributed by atoms with Crippen LogP contribution < -0.4 is 5.32 Å². The molecule has 1 aliphatic rings. The lowest BCUT2D eigenvalue weighted by atomic mass is 10.2. The second-order valence-electron chi connectivity index (χ2n) is 4.14. The lowest BCUT2D eigenvalue weighted by Crippen LogP contribution is -2.14. The highest BCUT2D eigenvalue weighted by atomic mass is 35.7. The quantitative estimate of drug-likeness (QED) is 0.519. The molecule has 0 heterocycles. The molecule has 1 fully saturated rings. The minimum atomic E-state index is -4.05. The fourth-order valence-corrected chi connectivity index (χ4v) is 2.27. The fourth-order valence-electron chi connectivity index (χ4n) is 1.50. The van der Waals surface area contributed by atoms with Gasteiger partial charge in [-0.25, -0.2) is 8.42 Å². The number of halogens is 1. The first-order valence-electron chi connectivity index (χ1n) is 5.33. The van der Waals surface area contributed by atoms with Crippen molar-refractivity contribution in [3.63, 3.8) is 0 Å². The number of hydrogen-bond donors (Lipinski definition) is 1. The molecular weight excluding hydrogens is 296 g/mol. The van der Waals surface area contributed by atoms with Crippen LogP contribution in [-0.4, -0.2) is 19.2 Å². The van der Waals surface area contributed by atoms with E-state index in [1.165, 1.54) is 0 Å². The van der Waals surface area contributed by atoms with E-state index in [1.807, 2.05) is 0 Å². The number of anilines is 1.